The van der Waals surface area contributed by atoms with Crippen LogP contribution >= 0.6 is 0 Å². The monoisotopic (exact) mass is 289 g/mol. The van der Waals surface area contributed by atoms with Crippen LogP contribution in [0, 0.1) is 5.92 Å². The number of ether oxygens (including phenoxy) is 1. The Labute approximate surface area is 123 Å². The van der Waals surface area contributed by atoms with Crippen molar-refractivity contribution in [1.82, 2.24) is 9.88 Å². The minimum absolute atomic E-state index is 0.281. The Morgan fingerprint density at radius 1 is 1.24 bits per heavy atom. The summed E-state index contributed by atoms with van der Waals surface area (Å²) in [6.07, 6.45) is 3.71. The summed E-state index contributed by atoms with van der Waals surface area (Å²) < 4.78 is 4.69. The molecule has 1 aromatic heterocycles. The van der Waals surface area contributed by atoms with E-state index < -0.39 is 5.97 Å². The Hall–Kier alpha value is -2.11. The van der Waals surface area contributed by atoms with Gasteiger partial charge >= 0.3 is 5.97 Å². The van der Waals surface area contributed by atoms with Crippen molar-refractivity contribution in [1.29, 1.82) is 0 Å². The minimum atomic E-state index is -0.431. The zero-order valence-corrected chi connectivity index (χ0v) is 12.1. The summed E-state index contributed by atoms with van der Waals surface area (Å²) >= 11 is 0. The molecular weight excluding hydrogens is 270 g/mol. The quantitative estimate of drug-likeness (QED) is 0.775. The third-order valence-corrected chi connectivity index (χ3v) is 4.02. The van der Waals surface area contributed by atoms with Gasteiger partial charge in [0, 0.05) is 44.0 Å². The van der Waals surface area contributed by atoms with E-state index in [1.807, 2.05) is 11.0 Å². The van der Waals surface area contributed by atoms with Crippen LogP contribution in [0.25, 0.3) is 0 Å². The number of anilines is 1. The van der Waals surface area contributed by atoms with E-state index in [1.54, 1.807) is 12.3 Å². The zero-order chi connectivity index (χ0) is 14.8. The van der Waals surface area contributed by atoms with Crippen LogP contribution < -0.4 is 4.90 Å². The van der Waals surface area contributed by atoms with Gasteiger partial charge in [-0.25, -0.2) is 9.78 Å². The number of esters is 1. The van der Waals surface area contributed by atoms with E-state index in [0.717, 1.165) is 44.7 Å². The number of methoxy groups -OCH3 is 1. The predicted molar refractivity (Wildman–Crippen MR) is 77.1 cm³/mol. The summed E-state index contributed by atoms with van der Waals surface area (Å²) in [4.78, 5) is 31.7. The molecule has 1 amide bonds. The van der Waals surface area contributed by atoms with Gasteiger partial charge in [0.05, 0.1) is 7.11 Å². The number of amides is 1. The summed E-state index contributed by atoms with van der Waals surface area (Å²) in [5.74, 6) is 0.155. The first kappa shape index (κ1) is 13.9. The first-order valence-electron chi connectivity index (χ1n) is 7.27. The fourth-order valence-electron chi connectivity index (χ4n) is 2.61. The van der Waals surface area contributed by atoms with Crippen molar-refractivity contribution in [3.63, 3.8) is 0 Å². The van der Waals surface area contributed by atoms with Gasteiger partial charge in [-0.05, 0) is 25.0 Å². The largest absolute Gasteiger partial charge is 0.464 e. The number of carbonyl (C=O) groups is 2. The maximum absolute atomic E-state index is 12.0. The van der Waals surface area contributed by atoms with Gasteiger partial charge in [0.15, 0.2) is 0 Å². The molecular formula is C15H19N3O3. The Morgan fingerprint density at radius 2 is 1.95 bits per heavy atom. The van der Waals surface area contributed by atoms with E-state index in [0.29, 0.717) is 11.6 Å². The molecule has 0 aromatic carbocycles. The van der Waals surface area contributed by atoms with Crippen molar-refractivity contribution in [2.24, 2.45) is 5.92 Å². The normalized spacial score (nSPS) is 18.5. The lowest BCUT2D eigenvalue weighted by Gasteiger charge is -2.36. The van der Waals surface area contributed by atoms with Crippen molar-refractivity contribution < 1.29 is 14.3 Å². The minimum Gasteiger partial charge on any atom is -0.464 e. The van der Waals surface area contributed by atoms with Crippen molar-refractivity contribution in [3.8, 4) is 0 Å². The highest BCUT2D eigenvalue weighted by Crippen LogP contribution is 2.31. The molecule has 2 heterocycles. The van der Waals surface area contributed by atoms with E-state index in [9.17, 15) is 9.59 Å². The molecule has 6 heteroatoms. The number of rotatable bonds is 3. The number of hydrogen-bond acceptors (Lipinski definition) is 5. The van der Waals surface area contributed by atoms with Gasteiger partial charge < -0.3 is 14.5 Å². The van der Waals surface area contributed by atoms with Crippen LogP contribution in [-0.2, 0) is 9.53 Å². The summed E-state index contributed by atoms with van der Waals surface area (Å²) in [5, 5.41) is 0. The third kappa shape index (κ3) is 2.99. The Morgan fingerprint density at radius 3 is 2.57 bits per heavy atom. The van der Waals surface area contributed by atoms with Crippen LogP contribution in [0.15, 0.2) is 18.3 Å². The molecule has 0 bridgehead atoms. The molecule has 0 atom stereocenters. The average molecular weight is 289 g/mol. The highest BCUT2D eigenvalue weighted by Gasteiger charge is 2.34. The van der Waals surface area contributed by atoms with Crippen molar-refractivity contribution in [2.75, 3.05) is 38.2 Å². The Kier molecular flexibility index (Phi) is 3.77. The van der Waals surface area contributed by atoms with Gasteiger partial charge in [-0.1, -0.05) is 0 Å². The Bertz CT molecular complexity index is 549. The van der Waals surface area contributed by atoms with Crippen LogP contribution in [0.4, 0.5) is 5.69 Å². The molecule has 0 N–H and O–H groups in total. The van der Waals surface area contributed by atoms with E-state index in [-0.39, 0.29) is 5.92 Å². The lowest BCUT2D eigenvalue weighted by Crippen LogP contribution is -2.49. The van der Waals surface area contributed by atoms with E-state index in [2.05, 4.69) is 14.6 Å². The van der Waals surface area contributed by atoms with Crippen molar-refractivity contribution >= 4 is 17.6 Å². The maximum atomic E-state index is 12.0. The van der Waals surface area contributed by atoms with E-state index in [1.165, 1.54) is 7.11 Å². The lowest BCUT2D eigenvalue weighted by atomic mass is 10.2. The number of nitrogens with zero attached hydrogens (tertiary/aromatic N) is 3. The molecule has 112 valence electrons. The van der Waals surface area contributed by atoms with E-state index >= 15 is 0 Å². The summed E-state index contributed by atoms with van der Waals surface area (Å²) in [7, 11) is 1.35. The molecule has 3 rings (SSSR count). The summed E-state index contributed by atoms with van der Waals surface area (Å²) in [6.45, 7) is 3.04. The molecule has 1 saturated carbocycles. The fraction of sp³-hybridized carbons (Fsp3) is 0.533. The standard InChI is InChI=1S/C15H19N3O3/c1-21-15(20)13-10-12(4-5-16-13)17-6-8-18(9-7-17)14(19)11-2-3-11/h4-5,10-11H,2-3,6-9H2,1H3. The highest BCUT2D eigenvalue weighted by molar-refractivity contribution is 5.88. The molecule has 0 spiro atoms. The molecule has 2 aliphatic rings. The number of aromatic nitrogens is 1. The molecule has 21 heavy (non-hydrogen) atoms. The second-order valence-electron chi connectivity index (χ2n) is 5.48. The summed E-state index contributed by atoms with van der Waals surface area (Å²) in [6, 6.07) is 3.62. The van der Waals surface area contributed by atoms with E-state index in [4.69, 9.17) is 0 Å². The zero-order valence-electron chi connectivity index (χ0n) is 12.1. The molecule has 1 saturated heterocycles. The second-order valence-corrected chi connectivity index (χ2v) is 5.48. The number of hydrogen-bond donors (Lipinski definition) is 0. The average Bonchev–Trinajstić information content (AvgIpc) is 3.38. The van der Waals surface area contributed by atoms with Crippen LogP contribution in [0.5, 0.6) is 0 Å². The molecule has 1 aromatic rings. The van der Waals surface area contributed by atoms with Gasteiger partial charge in [-0.15, -0.1) is 0 Å². The van der Waals surface area contributed by atoms with Crippen LogP contribution in [0.2, 0.25) is 0 Å². The predicted octanol–water partition coefficient (Wildman–Crippen LogP) is 0.927. The first-order valence-corrected chi connectivity index (χ1v) is 7.27. The lowest BCUT2D eigenvalue weighted by molar-refractivity contribution is -0.132. The fourth-order valence-corrected chi connectivity index (χ4v) is 2.61. The molecule has 2 fully saturated rings. The van der Waals surface area contributed by atoms with Gasteiger partial charge in [-0.2, -0.15) is 0 Å². The van der Waals surface area contributed by atoms with Gasteiger partial charge in [0.2, 0.25) is 5.91 Å². The SMILES string of the molecule is COC(=O)c1cc(N2CCN(C(=O)C3CC3)CC2)ccn1. The third-order valence-electron chi connectivity index (χ3n) is 4.02. The molecule has 0 unspecified atom stereocenters. The smallest absolute Gasteiger partial charge is 0.356 e. The van der Waals surface area contributed by atoms with Crippen molar-refractivity contribution in [3.05, 3.63) is 24.0 Å². The van der Waals surface area contributed by atoms with Gasteiger partial charge in [0.1, 0.15) is 5.69 Å². The first-order chi connectivity index (χ1) is 10.2. The summed E-state index contributed by atoms with van der Waals surface area (Å²) in [5.41, 5.74) is 1.26. The number of carbonyl (C=O) groups excluding carboxylic acids is 2. The second kappa shape index (κ2) is 5.71. The Balaban J connectivity index is 1.63. The van der Waals surface area contributed by atoms with Crippen LogP contribution in [0.3, 0.4) is 0 Å². The molecule has 1 aliphatic carbocycles. The molecule has 0 radical (unpaired) electrons. The number of piperazine rings is 1. The number of pyridine rings is 1. The van der Waals surface area contributed by atoms with Gasteiger partial charge in [0.25, 0.3) is 0 Å². The van der Waals surface area contributed by atoms with Gasteiger partial charge in [-0.3, -0.25) is 4.79 Å². The molecule has 6 nitrogen and oxygen atoms in total. The highest BCUT2D eigenvalue weighted by atomic mass is 16.5. The molecule has 1 aliphatic heterocycles. The van der Waals surface area contributed by atoms with Crippen LogP contribution in [-0.4, -0.2) is 55.0 Å². The maximum Gasteiger partial charge on any atom is 0.356 e. The topological polar surface area (TPSA) is 62.7 Å². The van der Waals surface area contributed by atoms with Crippen molar-refractivity contribution in [2.45, 2.75) is 12.8 Å². The van der Waals surface area contributed by atoms with Crippen LogP contribution in [0.1, 0.15) is 23.3 Å².